The van der Waals surface area contributed by atoms with Gasteiger partial charge in [-0.15, -0.1) is 0 Å². The lowest BCUT2D eigenvalue weighted by Crippen LogP contribution is -2.50. The molecule has 0 atom stereocenters. The van der Waals surface area contributed by atoms with Crippen molar-refractivity contribution in [3.8, 4) is 0 Å². The van der Waals surface area contributed by atoms with Gasteiger partial charge in [0.15, 0.2) is 0 Å². The first-order valence-electron chi connectivity index (χ1n) is 7.33. The normalized spacial score (nSPS) is 39.8. The van der Waals surface area contributed by atoms with Gasteiger partial charge in [-0.25, -0.2) is 4.98 Å². The lowest BCUT2D eigenvalue weighted by molar-refractivity contribution is -0.00968. The fourth-order valence-electron chi connectivity index (χ4n) is 5.22. The Balaban J connectivity index is 1.82. The quantitative estimate of drug-likeness (QED) is 0.845. The second kappa shape index (κ2) is 3.68. The third-order valence-electron chi connectivity index (χ3n) is 5.57. The van der Waals surface area contributed by atoms with E-state index in [0.29, 0.717) is 0 Å². The van der Waals surface area contributed by atoms with Crippen molar-refractivity contribution in [3.05, 3.63) is 27.7 Å². The largest absolute Gasteiger partial charge is 0.308 e. The molecule has 0 saturated heterocycles. The highest BCUT2D eigenvalue weighted by molar-refractivity contribution is 5.19. The Morgan fingerprint density at radius 3 is 2.16 bits per heavy atom. The second-order valence-electron chi connectivity index (χ2n) is 7.01. The van der Waals surface area contributed by atoms with E-state index in [2.05, 4.69) is 9.97 Å². The molecule has 19 heavy (non-hydrogen) atoms. The molecule has 4 heteroatoms. The summed E-state index contributed by atoms with van der Waals surface area (Å²) in [4.78, 5) is 18.8. The van der Waals surface area contributed by atoms with Crippen LogP contribution in [0.1, 0.15) is 50.0 Å². The molecule has 0 spiro atoms. The van der Waals surface area contributed by atoms with Crippen molar-refractivity contribution in [2.75, 3.05) is 0 Å². The zero-order valence-electron chi connectivity index (χ0n) is 11.2. The van der Waals surface area contributed by atoms with Crippen LogP contribution < -0.4 is 5.56 Å². The number of aryl methyl sites for hydroxylation is 1. The minimum Gasteiger partial charge on any atom is -0.308 e. The molecule has 102 valence electrons. The number of aromatic nitrogens is 2. The molecule has 4 aliphatic carbocycles. The highest BCUT2D eigenvalue weighted by Gasteiger charge is 2.53. The lowest BCUT2D eigenvalue weighted by Gasteiger charge is -2.56. The average molecular weight is 262 g/mol. The predicted molar refractivity (Wildman–Crippen MR) is 69.4 cm³/mol. The van der Waals surface area contributed by atoms with Gasteiger partial charge in [0.2, 0.25) is 5.82 Å². The third-order valence-corrected chi connectivity index (χ3v) is 5.57. The van der Waals surface area contributed by atoms with Crippen molar-refractivity contribution in [1.82, 2.24) is 9.97 Å². The van der Waals surface area contributed by atoms with E-state index < -0.39 is 11.4 Å². The molecule has 1 aromatic rings. The first-order chi connectivity index (χ1) is 9.06. The summed E-state index contributed by atoms with van der Waals surface area (Å²) in [5, 5.41) is 0. The number of nitrogens with zero attached hydrogens (tertiary/aromatic N) is 1. The van der Waals surface area contributed by atoms with Crippen molar-refractivity contribution in [2.24, 2.45) is 17.8 Å². The van der Waals surface area contributed by atoms with Crippen molar-refractivity contribution in [2.45, 2.75) is 50.9 Å². The molecule has 0 amide bonds. The van der Waals surface area contributed by atoms with Crippen molar-refractivity contribution in [1.29, 1.82) is 0 Å². The van der Waals surface area contributed by atoms with Crippen LogP contribution in [-0.2, 0) is 5.41 Å². The van der Waals surface area contributed by atoms with Crippen LogP contribution in [0.15, 0.2) is 4.79 Å². The Morgan fingerprint density at radius 2 is 1.68 bits per heavy atom. The molecule has 0 unspecified atom stereocenters. The molecule has 5 rings (SSSR count). The minimum atomic E-state index is -0.728. The van der Waals surface area contributed by atoms with E-state index in [0.717, 1.165) is 42.8 Å². The maximum absolute atomic E-state index is 13.5. The Hall–Kier alpha value is -1.19. The predicted octanol–water partition coefficient (Wildman–Crippen LogP) is 2.69. The van der Waals surface area contributed by atoms with Crippen LogP contribution in [0.5, 0.6) is 0 Å². The van der Waals surface area contributed by atoms with Crippen molar-refractivity contribution < 1.29 is 4.39 Å². The van der Waals surface area contributed by atoms with E-state index in [1.54, 1.807) is 6.92 Å². The summed E-state index contributed by atoms with van der Waals surface area (Å²) < 4.78 is 13.5. The van der Waals surface area contributed by atoms with Gasteiger partial charge in [-0.2, -0.15) is 4.39 Å². The molecular formula is C15H19FN2O. The number of halogens is 1. The van der Waals surface area contributed by atoms with Gasteiger partial charge >= 0.3 is 0 Å². The molecular weight excluding hydrogens is 243 g/mol. The number of hydrogen-bond acceptors (Lipinski definition) is 2. The fourth-order valence-corrected chi connectivity index (χ4v) is 5.22. The van der Waals surface area contributed by atoms with Crippen LogP contribution in [0.2, 0.25) is 0 Å². The number of hydrogen-bond donors (Lipinski definition) is 1. The highest BCUT2D eigenvalue weighted by atomic mass is 19.1. The Labute approximate surface area is 111 Å². The lowest BCUT2D eigenvalue weighted by atomic mass is 9.49. The molecule has 4 aliphatic rings. The van der Waals surface area contributed by atoms with Crippen LogP contribution >= 0.6 is 0 Å². The summed E-state index contributed by atoms with van der Waals surface area (Å²) in [5.74, 6) is 2.41. The number of rotatable bonds is 1. The topological polar surface area (TPSA) is 45.8 Å². The van der Waals surface area contributed by atoms with E-state index in [-0.39, 0.29) is 11.1 Å². The Bertz CT molecular complexity index is 557. The van der Waals surface area contributed by atoms with Gasteiger partial charge in [0.05, 0.1) is 5.69 Å². The molecule has 4 fully saturated rings. The average Bonchev–Trinajstić information content (AvgIpc) is 2.33. The smallest absolute Gasteiger partial charge is 0.287 e. The minimum absolute atomic E-state index is 0.0341. The fraction of sp³-hybridized carbons (Fsp3) is 0.733. The Morgan fingerprint density at radius 1 is 1.16 bits per heavy atom. The summed E-state index contributed by atoms with van der Waals surface area (Å²) in [7, 11) is 0. The number of aromatic amines is 1. The summed E-state index contributed by atoms with van der Waals surface area (Å²) in [6.07, 6.45) is 7.45. The van der Waals surface area contributed by atoms with Gasteiger partial charge in [0.1, 0.15) is 5.82 Å². The molecule has 1 heterocycles. The van der Waals surface area contributed by atoms with Gasteiger partial charge in [-0.05, 0) is 63.2 Å². The van der Waals surface area contributed by atoms with E-state index in [9.17, 15) is 9.18 Å². The maximum atomic E-state index is 13.5. The summed E-state index contributed by atoms with van der Waals surface area (Å²) in [6.45, 7) is 1.59. The van der Waals surface area contributed by atoms with E-state index in [1.165, 1.54) is 19.3 Å². The molecule has 4 saturated carbocycles. The molecule has 3 nitrogen and oxygen atoms in total. The van der Waals surface area contributed by atoms with Gasteiger partial charge < -0.3 is 4.98 Å². The van der Waals surface area contributed by atoms with Crippen LogP contribution in [-0.4, -0.2) is 9.97 Å². The zero-order valence-corrected chi connectivity index (χ0v) is 11.2. The van der Waals surface area contributed by atoms with Crippen molar-refractivity contribution >= 4 is 0 Å². The van der Waals surface area contributed by atoms with Gasteiger partial charge in [0.25, 0.3) is 5.56 Å². The molecule has 1 N–H and O–H groups in total. The Kier molecular flexibility index (Phi) is 2.25. The molecule has 0 aromatic carbocycles. The summed E-state index contributed by atoms with van der Waals surface area (Å²) in [5.41, 5.74) is -0.320. The van der Waals surface area contributed by atoms with Crippen LogP contribution in [0.25, 0.3) is 0 Å². The van der Waals surface area contributed by atoms with Gasteiger partial charge in [-0.3, -0.25) is 4.79 Å². The first-order valence-corrected chi connectivity index (χ1v) is 7.33. The molecule has 1 aromatic heterocycles. The standard InChI is InChI=1S/C15H19FN2O/c1-8-12(16)13(19)18-14(17-8)15-5-9-2-10(6-15)4-11(3-9)7-15/h9-11H,2-7H2,1H3,(H,17,18,19). The molecule has 0 radical (unpaired) electrons. The summed E-state index contributed by atoms with van der Waals surface area (Å²) >= 11 is 0. The van der Waals surface area contributed by atoms with Crippen molar-refractivity contribution in [3.63, 3.8) is 0 Å². The summed E-state index contributed by atoms with van der Waals surface area (Å²) in [6, 6.07) is 0. The molecule has 0 aliphatic heterocycles. The van der Waals surface area contributed by atoms with Gasteiger partial charge in [0, 0.05) is 5.41 Å². The monoisotopic (exact) mass is 262 g/mol. The highest BCUT2D eigenvalue weighted by Crippen LogP contribution is 2.59. The number of nitrogens with one attached hydrogen (secondary N) is 1. The van der Waals surface area contributed by atoms with Crippen LogP contribution in [0, 0.1) is 30.5 Å². The van der Waals surface area contributed by atoms with E-state index >= 15 is 0 Å². The van der Waals surface area contributed by atoms with E-state index in [4.69, 9.17) is 0 Å². The van der Waals surface area contributed by atoms with Crippen LogP contribution in [0.4, 0.5) is 4.39 Å². The zero-order chi connectivity index (χ0) is 13.2. The molecule has 4 bridgehead atoms. The van der Waals surface area contributed by atoms with E-state index in [1.807, 2.05) is 0 Å². The maximum Gasteiger partial charge on any atom is 0.287 e. The second-order valence-corrected chi connectivity index (χ2v) is 7.01. The SMILES string of the molecule is Cc1nc(C23CC4CC(CC(C4)C2)C3)[nH]c(=O)c1F. The number of H-pyrrole nitrogens is 1. The first kappa shape index (κ1) is 11.6. The van der Waals surface area contributed by atoms with Gasteiger partial charge in [-0.1, -0.05) is 0 Å². The van der Waals surface area contributed by atoms with Crippen LogP contribution in [0.3, 0.4) is 0 Å². The third kappa shape index (κ3) is 1.61.